The minimum Gasteiger partial charge on any atom is -0.357 e. The number of anilines is 2. The maximum absolute atomic E-state index is 12.2. The van der Waals surface area contributed by atoms with E-state index in [0.717, 1.165) is 91.3 Å². The molecule has 2 saturated heterocycles. The van der Waals surface area contributed by atoms with Crippen LogP contribution < -0.4 is 15.4 Å². The van der Waals surface area contributed by atoms with E-state index in [4.69, 9.17) is 21.6 Å². The van der Waals surface area contributed by atoms with Gasteiger partial charge >= 0.3 is 0 Å². The molecule has 12 heteroatoms. The van der Waals surface area contributed by atoms with Gasteiger partial charge in [0, 0.05) is 61.6 Å². The molecule has 0 aliphatic carbocycles. The minimum absolute atomic E-state index is 0.152. The van der Waals surface area contributed by atoms with Crippen LogP contribution in [0.2, 0.25) is 5.02 Å². The molecule has 6 aromatic rings. The lowest BCUT2D eigenvalue weighted by Gasteiger charge is -2.16. The second-order valence-corrected chi connectivity index (χ2v) is 13.2. The number of aromatic amines is 1. The maximum atomic E-state index is 12.2. The molecule has 11 nitrogen and oxygen atoms in total. The van der Waals surface area contributed by atoms with Crippen molar-refractivity contribution in [2.45, 2.75) is 65.2 Å². The van der Waals surface area contributed by atoms with Crippen LogP contribution in [0.3, 0.4) is 0 Å². The van der Waals surface area contributed by atoms with Gasteiger partial charge in [-0.05, 0) is 94.8 Å². The molecule has 0 radical (unpaired) electrons. The van der Waals surface area contributed by atoms with E-state index in [1.807, 2.05) is 30.6 Å². The Kier molecular flexibility index (Phi) is 9.79. The molecule has 0 amide bonds. The van der Waals surface area contributed by atoms with E-state index in [2.05, 4.69) is 65.2 Å². The number of nitrogens with one attached hydrogen (secondary N) is 1. The summed E-state index contributed by atoms with van der Waals surface area (Å²) < 4.78 is 1.88. The van der Waals surface area contributed by atoms with Gasteiger partial charge in [0.25, 0.3) is 5.56 Å². The summed E-state index contributed by atoms with van der Waals surface area (Å²) >= 11 is 5.95. The Bertz CT molecular complexity index is 2090. The third kappa shape index (κ3) is 7.72. The molecule has 1 aromatic carbocycles. The summed E-state index contributed by atoms with van der Waals surface area (Å²) in [6.07, 6.45) is 9.86. The van der Waals surface area contributed by atoms with E-state index in [9.17, 15) is 4.79 Å². The predicted octanol–water partition coefficient (Wildman–Crippen LogP) is 5.88. The largest absolute Gasteiger partial charge is 0.357 e. The number of benzene rings is 1. The van der Waals surface area contributed by atoms with Crippen molar-refractivity contribution in [2.24, 2.45) is 0 Å². The number of halogens is 1. The number of rotatable bonds is 8. The van der Waals surface area contributed by atoms with E-state index in [1.165, 1.54) is 25.7 Å². The SMILES string of the molecule is Cc1ncc(C)n2nc(CCc3cccc(N4CCCC4)n3)nc12.O=c1[nH]c(CCc2cccc(N3CCCC3)n2)nc2ccc(Cl)cc12. The highest BCUT2D eigenvalue weighted by Crippen LogP contribution is 2.20. The Hall–Kier alpha value is -4.90. The lowest BCUT2D eigenvalue weighted by atomic mass is 10.2. The Morgan fingerprint density at radius 1 is 0.755 bits per heavy atom. The molecule has 8 rings (SSSR count). The van der Waals surface area contributed by atoms with Crippen LogP contribution >= 0.6 is 11.6 Å². The van der Waals surface area contributed by atoms with Crippen LogP contribution in [0.1, 0.15) is 60.1 Å². The molecule has 2 fully saturated rings. The minimum atomic E-state index is -0.152. The first kappa shape index (κ1) is 32.6. The molecule has 2 aliphatic heterocycles. The number of hydrogen-bond acceptors (Lipinski definition) is 9. The molecular weight excluding hydrogens is 636 g/mol. The van der Waals surface area contributed by atoms with Gasteiger partial charge in [0.2, 0.25) is 0 Å². The van der Waals surface area contributed by atoms with Crippen molar-refractivity contribution in [2.75, 3.05) is 36.0 Å². The highest BCUT2D eigenvalue weighted by Gasteiger charge is 2.16. The number of fused-ring (bicyclic) bond motifs is 2. The van der Waals surface area contributed by atoms with Crippen molar-refractivity contribution in [3.63, 3.8) is 0 Å². The molecule has 7 heterocycles. The summed E-state index contributed by atoms with van der Waals surface area (Å²) in [4.78, 5) is 42.9. The second kappa shape index (κ2) is 14.7. The lowest BCUT2D eigenvalue weighted by Crippen LogP contribution is -2.19. The summed E-state index contributed by atoms with van der Waals surface area (Å²) in [6.45, 7) is 8.37. The van der Waals surface area contributed by atoms with Crippen molar-refractivity contribution in [1.82, 2.24) is 39.5 Å². The van der Waals surface area contributed by atoms with Gasteiger partial charge in [-0.3, -0.25) is 9.78 Å². The normalized spacial score (nSPS) is 14.5. The number of aromatic nitrogens is 8. The first-order valence-electron chi connectivity index (χ1n) is 17.2. The van der Waals surface area contributed by atoms with E-state index < -0.39 is 0 Å². The molecule has 1 N–H and O–H groups in total. The average molecular weight is 677 g/mol. The van der Waals surface area contributed by atoms with Crippen molar-refractivity contribution >= 4 is 39.8 Å². The molecule has 5 aromatic heterocycles. The van der Waals surface area contributed by atoms with Gasteiger partial charge in [-0.2, -0.15) is 5.10 Å². The van der Waals surface area contributed by atoms with Crippen LogP contribution in [0.4, 0.5) is 11.6 Å². The van der Waals surface area contributed by atoms with Crippen LogP contribution in [-0.2, 0) is 25.7 Å². The first-order valence-corrected chi connectivity index (χ1v) is 17.6. The van der Waals surface area contributed by atoms with Crippen molar-refractivity contribution < 1.29 is 0 Å². The third-order valence-corrected chi connectivity index (χ3v) is 9.37. The van der Waals surface area contributed by atoms with Gasteiger partial charge in [0.05, 0.1) is 22.3 Å². The summed E-state index contributed by atoms with van der Waals surface area (Å²) in [7, 11) is 0. The summed E-state index contributed by atoms with van der Waals surface area (Å²) in [5.41, 5.74) is 5.40. The number of aryl methyl sites for hydroxylation is 6. The first-order chi connectivity index (χ1) is 23.9. The molecule has 0 spiro atoms. The number of hydrogen-bond donors (Lipinski definition) is 1. The zero-order valence-electron chi connectivity index (χ0n) is 28.1. The van der Waals surface area contributed by atoms with Crippen molar-refractivity contribution in [1.29, 1.82) is 0 Å². The zero-order chi connectivity index (χ0) is 33.7. The molecule has 2 aliphatic rings. The molecule has 0 saturated carbocycles. The Labute approximate surface area is 290 Å². The smallest absolute Gasteiger partial charge is 0.258 e. The Balaban J connectivity index is 0.000000154. The topological polar surface area (TPSA) is 121 Å². The van der Waals surface area contributed by atoms with E-state index >= 15 is 0 Å². The molecule has 49 heavy (non-hydrogen) atoms. The van der Waals surface area contributed by atoms with Gasteiger partial charge in [0.1, 0.15) is 17.5 Å². The summed E-state index contributed by atoms with van der Waals surface area (Å²) in [6, 6.07) is 17.6. The van der Waals surface area contributed by atoms with Crippen LogP contribution in [0, 0.1) is 13.8 Å². The summed E-state index contributed by atoms with van der Waals surface area (Å²) in [5.74, 6) is 3.67. The van der Waals surface area contributed by atoms with Crippen LogP contribution in [0.5, 0.6) is 0 Å². The van der Waals surface area contributed by atoms with Gasteiger partial charge in [-0.25, -0.2) is 24.5 Å². The van der Waals surface area contributed by atoms with E-state index in [1.54, 1.807) is 18.2 Å². The van der Waals surface area contributed by atoms with E-state index in [0.29, 0.717) is 28.2 Å². The highest BCUT2D eigenvalue weighted by atomic mass is 35.5. The molecule has 0 unspecified atom stereocenters. The van der Waals surface area contributed by atoms with E-state index in [-0.39, 0.29) is 5.56 Å². The average Bonchev–Trinajstić information content (AvgIpc) is 3.92. The second-order valence-electron chi connectivity index (χ2n) is 12.8. The fraction of sp³-hybridized carbons (Fsp3) is 0.378. The lowest BCUT2D eigenvalue weighted by molar-refractivity contribution is 0.802. The molecular formula is C37H41ClN10O. The van der Waals surface area contributed by atoms with Gasteiger partial charge in [-0.15, -0.1) is 0 Å². The van der Waals surface area contributed by atoms with Crippen LogP contribution in [0.15, 0.2) is 65.6 Å². The Morgan fingerprint density at radius 3 is 2.02 bits per heavy atom. The third-order valence-electron chi connectivity index (χ3n) is 9.14. The Morgan fingerprint density at radius 2 is 1.39 bits per heavy atom. The fourth-order valence-corrected chi connectivity index (χ4v) is 6.64. The molecule has 0 bridgehead atoms. The van der Waals surface area contributed by atoms with Crippen LogP contribution in [0.25, 0.3) is 16.6 Å². The van der Waals surface area contributed by atoms with Gasteiger partial charge in [-0.1, -0.05) is 23.7 Å². The van der Waals surface area contributed by atoms with Gasteiger partial charge < -0.3 is 14.8 Å². The number of H-pyrrole nitrogens is 1. The number of nitrogens with zero attached hydrogens (tertiary/aromatic N) is 9. The number of pyridine rings is 2. The standard InChI is InChI=1S/C19H19ClN4O.C18H22N6/c20-13-6-8-16-15(12-13)19(25)23-17(22-16)9-7-14-4-3-5-18(21-14)24-10-1-2-11-24;1-13-12-19-14(2)18-21-16(22-24(13)18)9-8-15-6-5-7-17(20-15)23-10-3-4-11-23/h3-6,8,12H,1-2,7,9-11H2,(H,22,23,25);5-7,12H,3-4,8-11H2,1-2H3. The zero-order valence-corrected chi connectivity index (χ0v) is 28.8. The fourth-order valence-electron chi connectivity index (χ4n) is 6.46. The van der Waals surface area contributed by atoms with Crippen LogP contribution in [-0.4, -0.2) is 65.7 Å². The molecule has 0 atom stereocenters. The monoisotopic (exact) mass is 676 g/mol. The maximum Gasteiger partial charge on any atom is 0.258 e. The molecule has 252 valence electrons. The van der Waals surface area contributed by atoms with Gasteiger partial charge in [0.15, 0.2) is 11.5 Å². The highest BCUT2D eigenvalue weighted by molar-refractivity contribution is 6.31. The quantitative estimate of drug-likeness (QED) is 0.211. The predicted molar refractivity (Wildman–Crippen MR) is 194 cm³/mol. The van der Waals surface area contributed by atoms with Crippen molar-refractivity contribution in [3.05, 3.63) is 111 Å². The summed E-state index contributed by atoms with van der Waals surface area (Å²) in [5, 5.41) is 5.67. The van der Waals surface area contributed by atoms with Crippen molar-refractivity contribution in [3.8, 4) is 0 Å².